The van der Waals surface area contributed by atoms with Gasteiger partial charge in [0.05, 0.1) is 23.5 Å². The van der Waals surface area contributed by atoms with Crippen molar-refractivity contribution in [2.45, 2.75) is 12.4 Å². The standard InChI is InChI=1S/C13H10Cl2N2S/c14-7-13-16-11-6-9(15)3-4-12(11)17(13)8-10-2-1-5-18-10/h1-6H,7-8H2. The van der Waals surface area contributed by atoms with Crippen LogP contribution in [-0.2, 0) is 12.4 Å². The largest absolute Gasteiger partial charge is 0.322 e. The highest BCUT2D eigenvalue weighted by Crippen LogP contribution is 2.23. The molecule has 0 aliphatic heterocycles. The van der Waals surface area contributed by atoms with Crippen LogP contribution in [0.3, 0.4) is 0 Å². The molecule has 0 saturated heterocycles. The smallest absolute Gasteiger partial charge is 0.125 e. The molecule has 0 unspecified atom stereocenters. The summed E-state index contributed by atoms with van der Waals surface area (Å²) in [5.41, 5.74) is 1.97. The maximum Gasteiger partial charge on any atom is 0.125 e. The average molecular weight is 297 g/mol. The number of halogens is 2. The molecule has 0 fully saturated rings. The predicted molar refractivity (Wildman–Crippen MR) is 77.7 cm³/mol. The molecule has 0 atom stereocenters. The second-order valence-electron chi connectivity index (χ2n) is 3.96. The number of alkyl halides is 1. The first-order chi connectivity index (χ1) is 8.78. The Hall–Kier alpha value is -1.03. The molecule has 0 aliphatic rings. The number of thiophene rings is 1. The van der Waals surface area contributed by atoms with Crippen LogP contribution in [0.25, 0.3) is 11.0 Å². The average Bonchev–Trinajstić information content (AvgIpc) is 2.97. The quantitative estimate of drug-likeness (QED) is 0.649. The van der Waals surface area contributed by atoms with Crippen LogP contribution >= 0.6 is 34.5 Å². The van der Waals surface area contributed by atoms with Crippen molar-refractivity contribution < 1.29 is 0 Å². The molecule has 0 aliphatic carbocycles. The molecular formula is C13H10Cl2N2S. The van der Waals surface area contributed by atoms with Gasteiger partial charge in [0.25, 0.3) is 0 Å². The van der Waals surface area contributed by atoms with E-state index in [2.05, 4.69) is 27.1 Å². The Balaban J connectivity index is 2.13. The van der Waals surface area contributed by atoms with E-state index in [4.69, 9.17) is 23.2 Å². The van der Waals surface area contributed by atoms with Gasteiger partial charge < -0.3 is 4.57 Å². The Bertz CT molecular complexity index is 674. The van der Waals surface area contributed by atoms with Crippen molar-refractivity contribution in [3.63, 3.8) is 0 Å². The SMILES string of the molecule is ClCc1nc2cc(Cl)ccc2n1Cc1cccs1. The van der Waals surface area contributed by atoms with Gasteiger partial charge in [0, 0.05) is 9.90 Å². The number of hydrogen-bond acceptors (Lipinski definition) is 2. The van der Waals surface area contributed by atoms with Crippen molar-refractivity contribution in [2.75, 3.05) is 0 Å². The van der Waals surface area contributed by atoms with E-state index in [0.29, 0.717) is 10.9 Å². The molecule has 0 amide bonds. The normalized spacial score (nSPS) is 11.2. The van der Waals surface area contributed by atoms with E-state index < -0.39 is 0 Å². The van der Waals surface area contributed by atoms with Gasteiger partial charge in [-0.2, -0.15) is 0 Å². The van der Waals surface area contributed by atoms with Crippen molar-refractivity contribution >= 4 is 45.6 Å². The summed E-state index contributed by atoms with van der Waals surface area (Å²) in [6.07, 6.45) is 0. The van der Waals surface area contributed by atoms with Crippen molar-refractivity contribution in [3.05, 3.63) is 51.4 Å². The third-order valence-electron chi connectivity index (χ3n) is 2.80. The minimum Gasteiger partial charge on any atom is -0.322 e. The van der Waals surface area contributed by atoms with Crippen LogP contribution in [-0.4, -0.2) is 9.55 Å². The topological polar surface area (TPSA) is 17.8 Å². The minimum atomic E-state index is 0.400. The van der Waals surface area contributed by atoms with Crippen LogP contribution in [0.1, 0.15) is 10.7 Å². The fraction of sp³-hybridized carbons (Fsp3) is 0.154. The molecule has 3 rings (SSSR count). The lowest BCUT2D eigenvalue weighted by Crippen LogP contribution is -2.02. The molecule has 0 radical (unpaired) electrons. The first kappa shape index (κ1) is 12.0. The summed E-state index contributed by atoms with van der Waals surface area (Å²) < 4.78 is 2.14. The lowest BCUT2D eigenvalue weighted by Gasteiger charge is -2.05. The highest BCUT2D eigenvalue weighted by molar-refractivity contribution is 7.09. The number of benzene rings is 1. The Labute approximate surface area is 119 Å². The van der Waals surface area contributed by atoms with Gasteiger partial charge in [-0.1, -0.05) is 17.7 Å². The fourth-order valence-corrected chi connectivity index (χ4v) is 3.05. The van der Waals surface area contributed by atoms with Gasteiger partial charge in [0.1, 0.15) is 5.82 Å². The van der Waals surface area contributed by atoms with Crippen molar-refractivity contribution in [1.82, 2.24) is 9.55 Å². The highest BCUT2D eigenvalue weighted by atomic mass is 35.5. The molecule has 2 aromatic heterocycles. The molecule has 92 valence electrons. The van der Waals surface area contributed by atoms with E-state index in [1.54, 1.807) is 11.3 Å². The summed E-state index contributed by atoms with van der Waals surface area (Å²) in [5, 5.41) is 2.77. The summed E-state index contributed by atoms with van der Waals surface area (Å²) in [4.78, 5) is 5.81. The van der Waals surface area contributed by atoms with Crippen LogP contribution in [0, 0.1) is 0 Å². The third-order valence-corrected chi connectivity index (χ3v) is 4.14. The minimum absolute atomic E-state index is 0.400. The molecule has 2 nitrogen and oxygen atoms in total. The lowest BCUT2D eigenvalue weighted by molar-refractivity contribution is 0.789. The van der Waals surface area contributed by atoms with Gasteiger partial charge in [0.2, 0.25) is 0 Å². The molecule has 2 heterocycles. The van der Waals surface area contributed by atoms with Gasteiger partial charge in [-0.15, -0.1) is 22.9 Å². The molecule has 5 heteroatoms. The number of aromatic nitrogens is 2. The van der Waals surface area contributed by atoms with E-state index in [-0.39, 0.29) is 0 Å². The van der Waals surface area contributed by atoms with Gasteiger partial charge in [-0.3, -0.25) is 0 Å². The van der Waals surface area contributed by atoms with E-state index in [1.165, 1.54) is 4.88 Å². The third kappa shape index (κ3) is 2.14. The number of fused-ring (bicyclic) bond motifs is 1. The van der Waals surface area contributed by atoms with Crippen LogP contribution in [0.4, 0.5) is 0 Å². The monoisotopic (exact) mass is 296 g/mol. The molecular weight excluding hydrogens is 287 g/mol. The molecule has 1 aromatic carbocycles. The second kappa shape index (κ2) is 4.92. The van der Waals surface area contributed by atoms with E-state index in [0.717, 1.165) is 23.4 Å². The second-order valence-corrected chi connectivity index (χ2v) is 5.70. The number of hydrogen-bond donors (Lipinski definition) is 0. The summed E-state index contributed by atoms with van der Waals surface area (Å²) in [6.45, 7) is 0.803. The maximum atomic E-state index is 5.99. The van der Waals surface area contributed by atoms with E-state index >= 15 is 0 Å². The molecule has 3 aromatic rings. The summed E-state index contributed by atoms with van der Waals surface area (Å²) in [5.74, 6) is 1.28. The highest BCUT2D eigenvalue weighted by Gasteiger charge is 2.11. The lowest BCUT2D eigenvalue weighted by atomic mass is 10.3. The molecule has 0 saturated carbocycles. The van der Waals surface area contributed by atoms with E-state index in [9.17, 15) is 0 Å². The predicted octanol–water partition coefficient (Wildman–Crippen LogP) is 4.54. The molecule has 0 bridgehead atoms. The Morgan fingerprint density at radius 3 is 2.89 bits per heavy atom. The first-order valence-electron chi connectivity index (χ1n) is 5.51. The number of rotatable bonds is 3. The van der Waals surface area contributed by atoms with Crippen molar-refractivity contribution in [2.24, 2.45) is 0 Å². The summed E-state index contributed by atoms with van der Waals surface area (Å²) >= 11 is 13.7. The Morgan fingerprint density at radius 1 is 1.28 bits per heavy atom. The van der Waals surface area contributed by atoms with Crippen LogP contribution in [0.15, 0.2) is 35.7 Å². The van der Waals surface area contributed by atoms with Crippen LogP contribution < -0.4 is 0 Å². The zero-order chi connectivity index (χ0) is 12.5. The molecule has 0 N–H and O–H groups in total. The fourth-order valence-electron chi connectivity index (χ4n) is 1.99. The number of nitrogens with zero attached hydrogens (tertiary/aromatic N) is 2. The van der Waals surface area contributed by atoms with Crippen LogP contribution in [0.5, 0.6) is 0 Å². The summed E-state index contributed by atoms with van der Waals surface area (Å²) in [6, 6.07) is 9.92. The Kier molecular flexibility index (Phi) is 3.29. The number of imidazole rings is 1. The molecule has 0 spiro atoms. The van der Waals surface area contributed by atoms with Gasteiger partial charge >= 0.3 is 0 Å². The van der Waals surface area contributed by atoms with Gasteiger partial charge in [0.15, 0.2) is 0 Å². The maximum absolute atomic E-state index is 5.99. The van der Waals surface area contributed by atoms with Gasteiger partial charge in [-0.05, 0) is 29.6 Å². The zero-order valence-corrected chi connectivity index (χ0v) is 11.8. The molecule has 18 heavy (non-hydrogen) atoms. The van der Waals surface area contributed by atoms with E-state index in [1.807, 2.05) is 18.2 Å². The van der Waals surface area contributed by atoms with Gasteiger partial charge in [-0.25, -0.2) is 4.98 Å². The zero-order valence-electron chi connectivity index (χ0n) is 9.44. The van der Waals surface area contributed by atoms with Crippen molar-refractivity contribution in [1.29, 1.82) is 0 Å². The van der Waals surface area contributed by atoms with Crippen LogP contribution in [0.2, 0.25) is 5.02 Å². The van der Waals surface area contributed by atoms with Crippen molar-refractivity contribution in [3.8, 4) is 0 Å². The Morgan fingerprint density at radius 2 is 2.17 bits per heavy atom. The summed E-state index contributed by atoms with van der Waals surface area (Å²) in [7, 11) is 0. The first-order valence-corrected chi connectivity index (χ1v) is 7.30.